The summed E-state index contributed by atoms with van der Waals surface area (Å²) in [4.78, 5) is 4.23. The number of hydrogen-bond donors (Lipinski definition) is 1. The minimum atomic E-state index is -0.604. The van der Waals surface area contributed by atoms with Crippen molar-refractivity contribution in [2.75, 3.05) is 5.75 Å². The molecule has 2 rings (SSSR count). The van der Waals surface area contributed by atoms with Crippen LogP contribution < -0.4 is 5.73 Å². The van der Waals surface area contributed by atoms with Crippen molar-refractivity contribution in [1.29, 1.82) is 5.26 Å². The van der Waals surface area contributed by atoms with Gasteiger partial charge in [0.25, 0.3) is 5.22 Å². The van der Waals surface area contributed by atoms with Crippen molar-refractivity contribution < 1.29 is 4.42 Å². The number of thioether (sulfide) groups is 1. The number of oxazole rings is 1. The summed E-state index contributed by atoms with van der Waals surface area (Å²) in [5.74, 6) is 1.22. The molecule has 0 amide bonds. The largest absolute Gasteiger partial charge is 0.440 e. The number of hydrogen-bond acceptors (Lipinski definition) is 5. The third-order valence-corrected chi connectivity index (χ3v) is 4.24. The van der Waals surface area contributed by atoms with Crippen LogP contribution in [0.5, 0.6) is 0 Å². The first-order chi connectivity index (χ1) is 8.14. The summed E-state index contributed by atoms with van der Waals surface area (Å²) in [7, 11) is 0. The van der Waals surface area contributed by atoms with Crippen LogP contribution in [-0.4, -0.2) is 16.3 Å². The molecular weight excluding hydrogens is 234 g/mol. The van der Waals surface area contributed by atoms with E-state index in [0.717, 1.165) is 37.1 Å². The van der Waals surface area contributed by atoms with Gasteiger partial charge in [0, 0.05) is 5.75 Å². The van der Waals surface area contributed by atoms with Crippen LogP contribution >= 0.6 is 11.8 Å². The fourth-order valence-corrected chi connectivity index (χ4v) is 3.24. The van der Waals surface area contributed by atoms with Crippen molar-refractivity contribution in [1.82, 2.24) is 4.98 Å². The SMILES string of the molecule is Cc1coc(SCCC2CCCC2(N)C#N)n1. The molecule has 1 saturated carbocycles. The Labute approximate surface area is 106 Å². The van der Waals surface area contributed by atoms with E-state index in [1.165, 1.54) is 0 Å². The zero-order valence-corrected chi connectivity index (χ0v) is 10.8. The van der Waals surface area contributed by atoms with Crippen molar-refractivity contribution in [3.8, 4) is 6.07 Å². The third-order valence-electron chi connectivity index (χ3n) is 3.37. The Kier molecular flexibility index (Phi) is 3.75. The summed E-state index contributed by atoms with van der Waals surface area (Å²) in [6, 6.07) is 2.27. The van der Waals surface area contributed by atoms with Crippen LogP contribution in [0.2, 0.25) is 0 Å². The monoisotopic (exact) mass is 251 g/mol. The smallest absolute Gasteiger partial charge is 0.255 e. The molecule has 2 unspecified atom stereocenters. The van der Waals surface area contributed by atoms with Gasteiger partial charge in [-0.05, 0) is 32.1 Å². The average Bonchev–Trinajstić information content (AvgIpc) is 2.87. The Morgan fingerprint density at radius 1 is 1.76 bits per heavy atom. The molecule has 17 heavy (non-hydrogen) atoms. The van der Waals surface area contributed by atoms with E-state index in [1.54, 1.807) is 18.0 Å². The fourth-order valence-electron chi connectivity index (χ4n) is 2.34. The molecule has 0 aromatic carbocycles. The number of aryl methyl sites for hydroxylation is 1. The highest BCUT2D eigenvalue weighted by Crippen LogP contribution is 2.36. The summed E-state index contributed by atoms with van der Waals surface area (Å²) < 4.78 is 5.26. The summed E-state index contributed by atoms with van der Waals surface area (Å²) >= 11 is 1.60. The van der Waals surface area contributed by atoms with Gasteiger partial charge < -0.3 is 10.2 Å². The predicted octanol–water partition coefficient (Wildman–Crippen LogP) is 2.49. The number of rotatable bonds is 4. The average molecular weight is 251 g/mol. The minimum absolute atomic E-state index is 0.316. The topological polar surface area (TPSA) is 75.8 Å². The standard InChI is InChI=1S/C12H17N3OS/c1-9-7-16-11(15-9)17-6-4-10-3-2-5-12(10,14)8-13/h7,10H,2-6,14H2,1H3. The highest BCUT2D eigenvalue weighted by Gasteiger charge is 2.39. The van der Waals surface area contributed by atoms with Gasteiger partial charge >= 0.3 is 0 Å². The second-order valence-corrected chi connectivity index (χ2v) is 5.68. The molecule has 0 spiro atoms. The van der Waals surface area contributed by atoms with Gasteiger partial charge in [0.1, 0.15) is 11.8 Å². The Balaban J connectivity index is 1.81. The molecule has 92 valence electrons. The number of aromatic nitrogens is 1. The van der Waals surface area contributed by atoms with E-state index in [4.69, 9.17) is 15.4 Å². The van der Waals surface area contributed by atoms with Crippen LogP contribution in [0.15, 0.2) is 15.9 Å². The van der Waals surface area contributed by atoms with Crippen molar-refractivity contribution >= 4 is 11.8 Å². The van der Waals surface area contributed by atoms with Gasteiger partial charge in [-0.25, -0.2) is 4.98 Å². The van der Waals surface area contributed by atoms with Crippen LogP contribution in [0.1, 0.15) is 31.4 Å². The molecule has 1 aromatic heterocycles. The maximum absolute atomic E-state index is 9.10. The molecule has 2 atom stereocenters. The van der Waals surface area contributed by atoms with Crippen LogP contribution in [0, 0.1) is 24.2 Å². The second-order valence-electron chi connectivity index (χ2n) is 4.63. The van der Waals surface area contributed by atoms with Gasteiger partial charge in [-0.2, -0.15) is 5.26 Å². The van der Waals surface area contributed by atoms with Gasteiger partial charge in [-0.3, -0.25) is 0 Å². The highest BCUT2D eigenvalue weighted by molar-refractivity contribution is 7.99. The Morgan fingerprint density at radius 3 is 3.24 bits per heavy atom. The quantitative estimate of drug-likeness (QED) is 0.832. The first-order valence-corrected chi connectivity index (χ1v) is 6.88. The number of nitrogens with zero attached hydrogens (tertiary/aromatic N) is 2. The maximum Gasteiger partial charge on any atom is 0.255 e. The lowest BCUT2D eigenvalue weighted by molar-refractivity contribution is 0.388. The maximum atomic E-state index is 9.10. The number of nitriles is 1. The molecular formula is C12H17N3OS. The predicted molar refractivity (Wildman–Crippen MR) is 66.5 cm³/mol. The summed E-state index contributed by atoms with van der Waals surface area (Å²) in [6.07, 6.45) is 5.57. The first kappa shape index (κ1) is 12.5. The molecule has 5 heteroatoms. The number of nitrogens with two attached hydrogens (primary N) is 1. The molecule has 1 heterocycles. The fraction of sp³-hybridized carbons (Fsp3) is 0.667. The second kappa shape index (κ2) is 5.11. The molecule has 1 aliphatic rings. The van der Waals surface area contributed by atoms with E-state index >= 15 is 0 Å². The molecule has 1 aliphatic carbocycles. The zero-order valence-electron chi connectivity index (χ0n) is 9.98. The Bertz CT molecular complexity index is 426. The Morgan fingerprint density at radius 2 is 2.59 bits per heavy atom. The van der Waals surface area contributed by atoms with Crippen molar-refractivity contribution in [3.63, 3.8) is 0 Å². The van der Waals surface area contributed by atoms with Gasteiger partial charge in [0.15, 0.2) is 0 Å². The highest BCUT2D eigenvalue weighted by atomic mass is 32.2. The molecule has 0 radical (unpaired) electrons. The molecule has 1 fully saturated rings. The van der Waals surface area contributed by atoms with E-state index in [1.807, 2.05) is 6.92 Å². The van der Waals surface area contributed by atoms with Crippen molar-refractivity contribution in [3.05, 3.63) is 12.0 Å². The summed E-state index contributed by atoms with van der Waals surface area (Å²) in [6.45, 7) is 1.91. The lowest BCUT2D eigenvalue weighted by atomic mass is 9.88. The van der Waals surface area contributed by atoms with Crippen LogP contribution in [0.25, 0.3) is 0 Å². The minimum Gasteiger partial charge on any atom is -0.440 e. The molecule has 0 bridgehead atoms. The van der Waals surface area contributed by atoms with E-state index < -0.39 is 5.54 Å². The van der Waals surface area contributed by atoms with Gasteiger partial charge in [0.2, 0.25) is 0 Å². The lowest BCUT2D eigenvalue weighted by Crippen LogP contribution is -2.41. The third kappa shape index (κ3) is 2.82. The van der Waals surface area contributed by atoms with Crippen molar-refractivity contribution in [2.24, 2.45) is 11.7 Å². The zero-order chi connectivity index (χ0) is 12.3. The first-order valence-electron chi connectivity index (χ1n) is 5.89. The van der Waals surface area contributed by atoms with Crippen LogP contribution in [0.4, 0.5) is 0 Å². The van der Waals surface area contributed by atoms with Gasteiger partial charge in [-0.15, -0.1) is 0 Å². The van der Waals surface area contributed by atoms with E-state index in [2.05, 4.69) is 11.1 Å². The molecule has 0 aliphatic heterocycles. The molecule has 2 N–H and O–H groups in total. The van der Waals surface area contributed by atoms with Crippen LogP contribution in [0.3, 0.4) is 0 Å². The van der Waals surface area contributed by atoms with E-state index in [9.17, 15) is 0 Å². The molecule has 1 aromatic rings. The summed E-state index contributed by atoms with van der Waals surface area (Å²) in [5.41, 5.74) is 6.37. The van der Waals surface area contributed by atoms with Gasteiger partial charge in [-0.1, -0.05) is 18.2 Å². The lowest BCUT2D eigenvalue weighted by Gasteiger charge is -2.23. The van der Waals surface area contributed by atoms with Crippen molar-refractivity contribution in [2.45, 2.75) is 43.4 Å². The van der Waals surface area contributed by atoms with E-state index in [0.29, 0.717) is 11.1 Å². The summed E-state index contributed by atoms with van der Waals surface area (Å²) in [5, 5.41) is 9.81. The Hall–Kier alpha value is -0.990. The van der Waals surface area contributed by atoms with Gasteiger partial charge in [0.05, 0.1) is 11.8 Å². The molecule has 0 saturated heterocycles. The molecule has 4 nitrogen and oxygen atoms in total. The van der Waals surface area contributed by atoms with E-state index in [-0.39, 0.29) is 0 Å². The van der Waals surface area contributed by atoms with Crippen LogP contribution in [-0.2, 0) is 0 Å². The normalized spacial score (nSPS) is 28.2.